The molecule has 1 unspecified atom stereocenters. The number of hydrogen-bond donors (Lipinski definition) is 1. The number of aryl methyl sites for hydroxylation is 1. The summed E-state index contributed by atoms with van der Waals surface area (Å²) in [6.45, 7) is 9.65. The standard InChI is InChI=1S/C16H25N/c1-5-14-7-9-15(10-8-14)16(6-2)17-12-11-13(3)4/h7-11,16-17H,5-6,12H2,1-4H3. The van der Waals surface area contributed by atoms with Crippen LogP contribution in [-0.4, -0.2) is 6.54 Å². The predicted octanol–water partition coefficient (Wildman–Crippen LogP) is 4.26. The molecule has 94 valence electrons. The summed E-state index contributed by atoms with van der Waals surface area (Å²) in [6, 6.07) is 9.45. The van der Waals surface area contributed by atoms with E-state index in [1.165, 1.54) is 16.7 Å². The third kappa shape index (κ3) is 4.74. The molecule has 1 atom stereocenters. The normalized spacial score (nSPS) is 12.2. The minimum absolute atomic E-state index is 0.469. The van der Waals surface area contributed by atoms with Crippen LogP contribution >= 0.6 is 0 Å². The first-order valence-electron chi connectivity index (χ1n) is 6.63. The van der Waals surface area contributed by atoms with Crippen LogP contribution in [0.3, 0.4) is 0 Å². The molecular weight excluding hydrogens is 206 g/mol. The SMILES string of the molecule is CCc1ccc(C(CC)NCC=C(C)C)cc1. The molecule has 0 aromatic heterocycles. The lowest BCUT2D eigenvalue weighted by atomic mass is 10.0. The van der Waals surface area contributed by atoms with E-state index in [2.05, 4.69) is 63.4 Å². The Morgan fingerprint density at radius 3 is 2.29 bits per heavy atom. The zero-order valence-corrected chi connectivity index (χ0v) is 11.6. The minimum Gasteiger partial charge on any atom is -0.306 e. The number of nitrogens with one attached hydrogen (secondary N) is 1. The topological polar surface area (TPSA) is 12.0 Å². The van der Waals surface area contributed by atoms with Crippen LogP contribution in [0, 0.1) is 0 Å². The number of hydrogen-bond acceptors (Lipinski definition) is 1. The Hall–Kier alpha value is -1.08. The van der Waals surface area contributed by atoms with Crippen LogP contribution in [0.1, 0.15) is 51.3 Å². The summed E-state index contributed by atoms with van der Waals surface area (Å²) >= 11 is 0. The average Bonchev–Trinajstić information content (AvgIpc) is 2.34. The molecule has 0 amide bonds. The molecule has 17 heavy (non-hydrogen) atoms. The Bertz CT molecular complexity index is 344. The fourth-order valence-corrected chi connectivity index (χ4v) is 1.89. The van der Waals surface area contributed by atoms with Gasteiger partial charge in [-0.15, -0.1) is 0 Å². The largest absolute Gasteiger partial charge is 0.306 e. The average molecular weight is 231 g/mol. The number of benzene rings is 1. The van der Waals surface area contributed by atoms with E-state index in [0.717, 1.165) is 19.4 Å². The predicted molar refractivity (Wildman–Crippen MR) is 76.3 cm³/mol. The van der Waals surface area contributed by atoms with Crippen LogP contribution < -0.4 is 5.32 Å². The van der Waals surface area contributed by atoms with Crippen molar-refractivity contribution < 1.29 is 0 Å². The second-order valence-electron chi connectivity index (χ2n) is 4.75. The summed E-state index contributed by atoms with van der Waals surface area (Å²) < 4.78 is 0. The van der Waals surface area contributed by atoms with Crippen molar-refractivity contribution in [2.24, 2.45) is 0 Å². The smallest absolute Gasteiger partial charge is 0.0320 e. The monoisotopic (exact) mass is 231 g/mol. The van der Waals surface area contributed by atoms with Crippen LogP contribution in [0.2, 0.25) is 0 Å². The van der Waals surface area contributed by atoms with E-state index in [9.17, 15) is 0 Å². The van der Waals surface area contributed by atoms with E-state index in [-0.39, 0.29) is 0 Å². The van der Waals surface area contributed by atoms with E-state index < -0.39 is 0 Å². The third-order valence-electron chi connectivity index (χ3n) is 3.07. The van der Waals surface area contributed by atoms with Gasteiger partial charge in [-0.25, -0.2) is 0 Å². The van der Waals surface area contributed by atoms with Gasteiger partial charge < -0.3 is 5.32 Å². The Kier molecular flexibility index (Phi) is 5.99. The van der Waals surface area contributed by atoms with E-state index in [1.807, 2.05) is 0 Å². The lowest BCUT2D eigenvalue weighted by Gasteiger charge is -2.17. The Balaban J connectivity index is 2.62. The van der Waals surface area contributed by atoms with Gasteiger partial charge in [0.05, 0.1) is 0 Å². The first kappa shape index (κ1) is 14.0. The van der Waals surface area contributed by atoms with Crippen molar-refractivity contribution in [3.8, 4) is 0 Å². The van der Waals surface area contributed by atoms with Gasteiger partial charge in [0.1, 0.15) is 0 Å². The third-order valence-corrected chi connectivity index (χ3v) is 3.07. The molecule has 0 spiro atoms. The maximum atomic E-state index is 3.58. The summed E-state index contributed by atoms with van der Waals surface area (Å²) in [7, 11) is 0. The van der Waals surface area contributed by atoms with Crippen molar-refractivity contribution in [3.05, 3.63) is 47.0 Å². The molecule has 0 saturated heterocycles. The van der Waals surface area contributed by atoms with Gasteiger partial charge in [0.25, 0.3) is 0 Å². The zero-order chi connectivity index (χ0) is 12.7. The zero-order valence-electron chi connectivity index (χ0n) is 11.6. The molecule has 0 aliphatic carbocycles. The van der Waals surface area contributed by atoms with Crippen LogP contribution in [0.25, 0.3) is 0 Å². The highest BCUT2D eigenvalue weighted by Crippen LogP contribution is 2.17. The number of allylic oxidation sites excluding steroid dienone is 1. The molecule has 1 aromatic rings. The van der Waals surface area contributed by atoms with Crippen molar-refractivity contribution in [2.75, 3.05) is 6.54 Å². The van der Waals surface area contributed by atoms with Crippen molar-refractivity contribution >= 4 is 0 Å². The molecule has 0 aliphatic heterocycles. The molecule has 0 fully saturated rings. The van der Waals surface area contributed by atoms with Gasteiger partial charge in [-0.05, 0) is 37.8 Å². The molecule has 0 radical (unpaired) electrons. The molecule has 0 aliphatic rings. The fraction of sp³-hybridized carbons (Fsp3) is 0.500. The molecule has 1 nitrogen and oxygen atoms in total. The van der Waals surface area contributed by atoms with E-state index >= 15 is 0 Å². The van der Waals surface area contributed by atoms with Gasteiger partial charge in [0, 0.05) is 12.6 Å². The highest BCUT2D eigenvalue weighted by molar-refractivity contribution is 5.25. The first-order chi connectivity index (χ1) is 8.17. The van der Waals surface area contributed by atoms with Crippen LogP contribution in [0.4, 0.5) is 0 Å². The summed E-state index contributed by atoms with van der Waals surface area (Å²) in [5.74, 6) is 0. The van der Waals surface area contributed by atoms with Gasteiger partial charge in [0.2, 0.25) is 0 Å². The highest BCUT2D eigenvalue weighted by Gasteiger charge is 2.06. The van der Waals surface area contributed by atoms with E-state index in [1.54, 1.807) is 0 Å². The second-order valence-corrected chi connectivity index (χ2v) is 4.75. The maximum absolute atomic E-state index is 3.58. The molecular formula is C16H25N. The quantitative estimate of drug-likeness (QED) is 0.721. The summed E-state index contributed by atoms with van der Waals surface area (Å²) in [5.41, 5.74) is 4.17. The Morgan fingerprint density at radius 2 is 1.82 bits per heavy atom. The molecule has 1 rings (SSSR count). The van der Waals surface area contributed by atoms with Gasteiger partial charge >= 0.3 is 0 Å². The summed E-state index contributed by atoms with van der Waals surface area (Å²) in [5, 5.41) is 3.58. The van der Waals surface area contributed by atoms with Crippen molar-refractivity contribution in [2.45, 2.75) is 46.6 Å². The maximum Gasteiger partial charge on any atom is 0.0320 e. The van der Waals surface area contributed by atoms with Gasteiger partial charge in [-0.2, -0.15) is 0 Å². The minimum atomic E-state index is 0.469. The van der Waals surface area contributed by atoms with E-state index in [0.29, 0.717) is 6.04 Å². The van der Waals surface area contributed by atoms with Crippen molar-refractivity contribution in [1.82, 2.24) is 5.32 Å². The highest BCUT2D eigenvalue weighted by atomic mass is 14.9. The molecule has 0 heterocycles. The molecule has 0 bridgehead atoms. The molecule has 0 saturated carbocycles. The lowest BCUT2D eigenvalue weighted by molar-refractivity contribution is 0.550. The van der Waals surface area contributed by atoms with Crippen molar-refractivity contribution in [1.29, 1.82) is 0 Å². The molecule has 1 aromatic carbocycles. The fourth-order valence-electron chi connectivity index (χ4n) is 1.89. The second kappa shape index (κ2) is 7.29. The van der Waals surface area contributed by atoms with Gasteiger partial charge in [-0.1, -0.05) is 49.8 Å². The Labute approximate surface area is 106 Å². The van der Waals surface area contributed by atoms with Crippen molar-refractivity contribution in [3.63, 3.8) is 0 Å². The summed E-state index contributed by atoms with van der Waals surface area (Å²) in [4.78, 5) is 0. The van der Waals surface area contributed by atoms with Crippen LogP contribution in [-0.2, 0) is 6.42 Å². The van der Waals surface area contributed by atoms with E-state index in [4.69, 9.17) is 0 Å². The number of rotatable bonds is 6. The molecule has 1 heteroatoms. The van der Waals surface area contributed by atoms with Crippen LogP contribution in [0.15, 0.2) is 35.9 Å². The lowest BCUT2D eigenvalue weighted by Crippen LogP contribution is -2.20. The van der Waals surface area contributed by atoms with Gasteiger partial charge in [-0.3, -0.25) is 0 Å². The first-order valence-corrected chi connectivity index (χ1v) is 6.63. The summed E-state index contributed by atoms with van der Waals surface area (Å²) in [6.07, 6.45) is 4.48. The van der Waals surface area contributed by atoms with Gasteiger partial charge in [0.15, 0.2) is 0 Å². The molecule has 1 N–H and O–H groups in total. The van der Waals surface area contributed by atoms with Crippen LogP contribution in [0.5, 0.6) is 0 Å². The Morgan fingerprint density at radius 1 is 1.18 bits per heavy atom.